The average molecular weight is 453 g/mol. The molecule has 0 radical (unpaired) electrons. The van der Waals surface area contributed by atoms with E-state index in [0.29, 0.717) is 11.5 Å². The number of carbonyl (C=O) groups is 2. The second-order valence-corrected chi connectivity index (χ2v) is 11.1. The summed E-state index contributed by atoms with van der Waals surface area (Å²) in [6, 6.07) is 11.5. The van der Waals surface area contributed by atoms with Gasteiger partial charge in [-0.2, -0.15) is 0 Å². The van der Waals surface area contributed by atoms with Crippen LogP contribution in [-0.2, 0) is 31.2 Å². The van der Waals surface area contributed by atoms with Crippen molar-refractivity contribution in [3.8, 4) is 0 Å². The number of Topliss-reactive ketones (excluding diaryl/α,β-unsaturated/α-hetero) is 2. The van der Waals surface area contributed by atoms with Crippen molar-refractivity contribution in [3.05, 3.63) is 71.0 Å². The third-order valence-electron chi connectivity index (χ3n) is 7.27. The zero-order chi connectivity index (χ0) is 25.0. The Hall–Kier alpha value is -2.82. The molecule has 0 aromatic carbocycles. The Bertz CT molecular complexity index is 1090. The van der Waals surface area contributed by atoms with Gasteiger partial charge in [0.25, 0.3) is 0 Å². The van der Waals surface area contributed by atoms with Crippen LogP contribution in [0.1, 0.15) is 104 Å². The fraction of sp³-hybridized carbons (Fsp3) is 0.500. The van der Waals surface area contributed by atoms with Crippen LogP contribution < -0.4 is 0 Å². The fourth-order valence-corrected chi connectivity index (χ4v) is 3.62. The van der Waals surface area contributed by atoms with E-state index in [-0.39, 0.29) is 11.6 Å². The highest BCUT2D eigenvalue weighted by Crippen LogP contribution is 2.41. The summed E-state index contributed by atoms with van der Waals surface area (Å²) in [5.74, 6) is 4.35. The highest BCUT2D eigenvalue weighted by atomic mass is 16.4. The van der Waals surface area contributed by atoms with Crippen molar-refractivity contribution < 1.29 is 22.8 Å². The van der Waals surface area contributed by atoms with Crippen molar-refractivity contribution in [1.82, 2.24) is 0 Å². The first-order chi connectivity index (χ1) is 15.0. The molecule has 33 heavy (non-hydrogen) atoms. The van der Waals surface area contributed by atoms with Gasteiger partial charge in [0.15, 0.2) is 0 Å². The van der Waals surface area contributed by atoms with Crippen molar-refractivity contribution in [1.29, 1.82) is 0 Å². The summed E-state index contributed by atoms with van der Waals surface area (Å²) in [6.07, 6.45) is 0. The molecule has 0 bridgehead atoms. The number of furan rings is 3. The summed E-state index contributed by atoms with van der Waals surface area (Å²) in [6.45, 7) is 18.7. The lowest BCUT2D eigenvalue weighted by Crippen LogP contribution is -2.26. The van der Waals surface area contributed by atoms with Crippen LogP contribution in [0.25, 0.3) is 0 Å². The van der Waals surface area contributed by atoms with E-state index in [1.54, 1.807) is 13.8 Å². The summed E-state index contributed by atoms with van der Waals surface area (Å²) in [5.41, 5.74) is -2.45. The fourth-order valence-electron chi connectivity index (χ4n) is 3.62. The smallest absolute Gasteiger partial charge is 0.142 e. The van der Waals surface area contributed by atoms with Gasteiger partial charge in [-0.1, -0.05) is 0 Å². The van der Waals surface area contributed by atoms with Gasteiger partial charge < -0.3 is 13.3 Å². The molecular formula is C28H36O5. The molecule has 0 aliphatic heterocycles. The van der Waals surface area contributed by atoms with E-state index >= 15 is 0 Å². The van der Waals surface area contributed by atoms with Crippen molar-refractivity contribution in [3.63, 3.8) is 0 Å². The second-order valence-electron chi connectivity index (χ2n) is 11.1. The summed E-state index contributed by atoms with van der Waals surface area (Å²) in [7, 11) is 0. The van der Waals surface area contributed by atoms with E-state index in [0.717, 1.165) is 23.0 Å². The molecular weight excluding hydrogens is 416 g/mol. The van der Waals surface area contributed by atoms with Crippen LogP contribution in [0.5, 0.6) is 0 Å². The minimum atomic E-state index is -0.685. The van der Waals surface area contributed by atoms with Gasteiger partial charge in [-0.05, 0) is 106 Å². The molecule has 3 rings (SSSR count). The Morgan fingerprint density at radius 1 is 0.485 bits per heavy atom. The monoisotopic (exact) mass is 452 g/mol. The molecule has 0 aliphatic carbocycles. The van der Waals surface area contributed by atoms with E-state index < -0.39 is 21.7 Å². The maximum absolute atomic E-state index is 12.0. The lowest BCUT2D eigenvalue weighted by Gasteiger charge is -2.23. The lowest BCUT2D eigenvalue weighted by atomic mass is 9.86. The van der Waals surface area contributed by atoms with Crippen LogP contribution in [0.15, 0.2) is 49.6 Å². The Morgan fingerprint density at radius 2 is 0.697 bits per heavy atom. The molecule has 0 saturated heterocycles. The van der Waals surface area contributed by atoms with Crippen LogP contribution in [0.4, 0.5) is 0 Å². The van der Waals surface area contributed by atoms with Crippen LogP contribution >= 0.6 is 0 Å². The van der Waals surface area contributed by atoms with E-state index in [1.165, 1.54) is 0 Å². The Balaban J connectivity index is 1.93. The van der Waals surface area contributed by atoms with Crippen LogP contribution in [0, 0.1) is 0 Å². The first-order valence-electron chi connectivity index (χ1n) is 11.4. The van der Waals surface area contributed by atoms with Crippen LogP contribution in [-0.4, -0.2) is 11.6 Å². The third kappa shape index (κ3) is 4.14. The number of hydrogen-bond donors (Lipinski definition) is 0. The molecule has 0 atom stereocenters. The molecule has 5 heteroatoms. The molecule has 0 unspecified atom stereocenters. The summed E-state index contributed by atoms with van der Waals surface area (Å²) >= 11 is 0. The van der Waals surface area contributed by atoms with Gasteiger partial charge >= 0.3 is 0 Å². The molecule has 3 aromatic rings. The van der Waals surface area contributed by atoms with Gasteiger partial charge in [0, 0.05) is 0 Å². The predicted octanol–water partition coefficient (Wildman–Crippen LogP) is 6.85. The number of hydrogen-bond acceptors (Lipinski definition) is 5. The molecule has 3 heterocycles. The van der Waals surface area contributed by atoms with Gasteiger partial charge in [-0.15, -0.1) is 0 Å². The minimum Gasteiger partial charge on any atom is -0.464 e. The molecule has 0 N–H and O–H groups in total. The first-order valence-corrected chi connectivity index (χ1v) is 11.4. The second kappa shape index (κ2) is 7.89. The van der Waals surface area contributed by atoms with Gasteiger partial charge in [-0.25, -0.2) is 0 Å². The quantitative estimate of drug-likeness (QED) is 0.374. The highest BCUT2D eigenvalue weighted by Gasteiger charge is 2.38. The zero-order valence-electron chi connectivity index (χ0n) is 21.5. The van der Waals surface area contributed by atoms with Crippen molar-refractivity contribution >= 4 is 11.6 Å². The average Bonchev–Trinajstić information content (AvgIpc) is 3.48. The summed E-state index contributed by atoms with van der Waals surface area (Å²) < 4.78 is 18.6. The predicted molar refractivity (Wildman–Crippen MR) is 128 cm³/mol. The Kier molecular flexibility index (Phi) is 5.94. The van der Waals surface area contributed by atoms with Crippen molar-refractivity contribution in [2.45, 2.75) is 90.9 Å². The molecule has 0 fully saturated rings. The molecule has 3 aromatic heterocycles. The lowest BCUT2D eigenvalue weighted by molar-refractivity contribution is -0.122. The Labute approximate surface area is 196 Å². The van der Waals surface area contributed by atoms with Gasteiger partial charge in [0.05, 0.1) is 21.7 Å². The van der Waals surface area contributed by atoms with E-state index in [9.17, 15) is 9.59 Å². The number of rotatable bonds is 8. The molecule has 0 aliphatic rings. The molecule has 178 valence electrons. The standard InChI is InChI=1S/C28H36O5/c1-17(29)25(3,4)19-11-13-21(31-19)27(7,8)23-15-16-24(33-23)28(9,10)22-14-12-20(32-22)26(5,6)18(2)30/h11-16H,1-10H3. The summed E-state index contributed by atoms with van der Waals surface area (Å²) in [5, 5.41) is 0. The first kappa shape index (κ1) is 24.8. The van der Waals surface area contributed by atoms with E-state index in [2.05, 4.69) is 0 Å². The molecule has 5 nitrogen and oxygen atoms in total. The van der Waals surface area contributed by atoms with Crippen LogP contribution in [0.2, 0.25) is 0 Å². The topological polar surface area (TPSA) is 73.6 Å². The third-order valence-corrected chi connectivity index (χ3v) is 7.27. The summed E-state index contributed by atoms with van der Waals surface area (Å²) in [4.78, 5) is 24.1. The van der Waals surface area contributed by atoms with E-state index in [4.69, 9.17) is 13.3 Å². The van der Waals surface area contributed by atoms with Gasteiger partial charge in [-0.3, -0.25) is 9.59 Å². The molecule has 0 spiro atoms. The normalized spacial score (nSPS) is 13.4. The Morgan fingerprint density at radius 3 is 0.939 bits per heavy atom. The van der Waals surface area contributed by atoms with Gasteiger partial charge in [0.1, 0.15) is 46.1 Å². The van der Waals surface area contributed by atoms with Crippen LogP contribution in [0.3, 0.4) is 0 Å². The SMILES string of the molecule is CC(=O)C(C)(C)c1ccc(C(C)(C)c2ccc(C(C)(C)c3ccc(C(C)(C)C(C)=O)o3)o2)o1. The zero-order valence-corrected chi connectivity index (χ0v) is 21.5. The van der Waals surface area contributed by atoms with Crippen molar-refractivity contribution in [2.24, 2.45) is 0 Å². The number of carbonyl (C=O) groups excluding carboxylic acids is 2. The van der Waals surface area contributed by atoms with Crippen molar-refractivity contribution in [2.75, 3.05) is 0 Å². The largest absolute Gasteiger partial charge is 0.464 e. The van der Waals surface area contributed by atoms with E-state index in [1.807, 2.05) is 91.8 Å². The maximum atomic E-state index is 12.0. The molecule has 0 saturated carbocycles. The number of ketones is 2. The minimum absolute atomic E-state index is 0.0500. The maximum Gasteiger partial charge on any atom is 0.142 e. The highest BCUT2D eigenvalue weighted by molar-refractivity contribution is 5.86. The molecule has 0 amide bonds. The van der Waals surface area contributed by atoms with Gasteiger partial charge in [0.2, 0.25) is 0 Å².